The van der Waals surface area contributed by atoms with E-state index in [1.807, 2.05) is 12.1 Å². The minimum Gasteiger partial charge on any atom is -0.264 e. The van der Waals surface area contributed by atoms with Crippen LogP contribution in [0.25, 0.3) is 16.2 Å². The van der Waals surface area contributed by atoms with Gasteiger partial charge in [0.15, 0.2) is 5.69 Å². The first-order valence-electron chi connectivity index (χ1n) is 7.57. The van der Waals surface area contributed by atoms with Crippen molar-refractivity contribution in [1.29, 1.82) is 5.26 Å². The molecule has 5 nitrogen and oxygen atoms in total. The lowest BCUT2D eigenvalue weighted by atomic mass is 9.90. The molecule has 0 aliphatic heterocycles. The second-order valence-corrected chi connectivity index (χ2v) is 6.62. The van der Waals surface area contributed by atoms with Gasteiger partial charge in [0.05, 0.1) is 0 Å². The molecule has 3 aromatic heterocycles. The maximum atomic E-state index is 9.52. The number of hydrogen-bond acceptors (Lipinski definition) is 5. The molecule has 0 saturated heterocycles. The monoisotopic (exact) mass is 309 g/mol. The summed E-state index contributed by atoms with van der Waals surface area (Å²) in [4.78, 5) is 9.53. The highest BCUT2D eigenvalue weighted by atomic mass is 32.1. The normalized spacial score (nSPS) is 16.0. The Morgan fingerprint density at radius 3 is 2.86 bits per heavy atom. The van der Waals surface area contributed by atoms with Gasteiger partial charge in [-0.1, -0.05) is 30.6 Å². The lowest BCUT2D eigenvalue weighted by molar-refractivity contribution is 0.439. The summed E-state index contributed by atoms with van der Waals surface area (Å²) in [6, 6.07) is 6.02. The average Bonchev–Trinajstić information content (AvgIpc) is 3.14. The first-order valence-corrected chi connectivity index (χ1v) is 8.38. The molecule has 0 radical (unpaired) electrons. The third-order valence-electron chi connectivity index (χ3n) is 4.21. The van der Waals surface area contributed by atoms with Gasteiger partial charge >= 0.3 is 0 Å². The molecule has 0 spiro atoms. The first-order chi connectivity index (χ1) is 10.9. The predicted octanol–water partition coefficient (Wildman–Crippen LogP) is 3.77. The molecule has 3 aromatic rings. The molecule has 0 aromatic carbocycles. The van der Waals surface area contributed by atoms with E-state index in [2.05, 4.69) is 21.1 Å². The number of pyridine rings is 1. The minimum atomic E-state index is 0.501. The van der Waals surface area contributed by atoms with Gasteiger partial charge in [-0.3, -0.25) is 4.98 Å². The van der Waals surface area contributed by atoms with Crippen LogP contribution in [0.3, 0.4) is 0 Å². The zero-order valence-corrected chi connectivity index (χ0v) is 12.9. The molecule has 1 fully saturated rings. The molecule has 1 aliphatic carbocycles. The third-order valence-corrected chi connectivity index (χ3v) is 5.29. The summed E-state index contributed by atoms with van der Waals surface area (Å²) < 4.78 is 1.71. The number of imidazole rings is 1. The highest BCUT2D eigenvalue weighted by Crippen LogP contribution is 2.36. The van der Waals surface area contributed by atoms with Crippen LogP contribution in [0.1, 0.15) is 48.7 Å². The van der Waals surface area contributed by atoms with Crippen LogP contribution in [-0.4, -0.2) is 19.6 Å². The Balaban J connectivity index is 1.79. The molecule has 0 unspecified atom stereocenters. The van der Waals surface area contributed by atoms with Crippen molar-refractivity contribution in [2.24, 2.45) is 0 Å². The van der Waals surface area contributed by atoms with Gasteiger partial charge in [0.1, 0.15) is 16.8 Å². The van der Waals surface area contributed by atoms with Gasteiger partial charge in [-0.05, 0) is 25.0 Å². The predicted molar refractivity (Wildman–Crippen MR) is 84.6 cm³/mol. The number of aromatic nitrogens is 4. The zero-order chi connectivity index (χ0) is 14.9. The molecular weight excluding hydrogens is 294 g/mol. The van der Waals surface area contributed by atoms with Crippen LogP contribution in [0.4, 0.5) is 0 Å². The molecule has 0 N–H and O–H groups in total. The van der Waals surface area contributed by atoms with Gasteiger partial charge in [0.25, 0.3) is 0 Å². The Kier molecular flexibility index (Phi) is 3.35. The van der Waals surface area contributed by atoms with Crippen LogP contribution < -0.4 is 0 Å². The number of fused-ring (bicyclic) bond motifs is 1. The van der Waals surface area contributed by atoms with Crippen LogP contribution in [0.15, 0.2) is 24.5 Å². The average molecular weight is 309 g/mol. The standard InChI is InChI=1S/C16H15N5S/c17-9-13-14(12-7-4-8-18-10-12)19-16-21(13)20-15(22-16)11-5-2-1-3-6-11/h4,7-8,10-11H,1-3,5-6H2. The lowest BCUT2D eigenvalue weighted by Gasteiger charge is -2.18. The van der Waals surface area contributed by atoms with E-state index in [-0.39, 0.29) is 0 Å². The van der Waals surface area contributed by atoms with E-state index < -0.39 is 0 Å². The van der Waals surface area contributed by atoms with Crippen LogP contribution in [-0.2, 0) is 0 Å². The molecule has 4 rings (SSSR count). The fourth-order valence-corrected chi connectivity index (χ4v) is 4.15. The molecule has 1 aliphatic rings. The summed E-state index contributed by atoms with van der Waals surface area (Å²) in [7, 11) is 0. The zero-order valence-electron chi connectivity index (χ0n) is 12.1. The third kappa shape index (κ3) is 2.18. The molecule has 0 bridgehead atoms. The highest BCUT2D eigenvalue weighted by molar-refractivity contribution is 7.16. The van der Waals surface area contributed by atoms with E-state index in [4.69, 9.17) is 0 Å². The summed E-state index contributed by atoms with van der Waals surface area (Å²) in [5.74, 6) is 0.536. The van der Waals surface area contributed by atoms with E-state index in [9.17, 15) is 5.26 Å². The second-order valence-electron chi connectivity index (χ2n) is 5.63. The Hall–Kier alpha value is -2.26. The first kappa shape index (κ1) is 13.4. The Bertz CT molecular complexity index is 837. The Morgan fingerprint density at radius 2 is 2.14 bits per heavy atom. The molecular formula is C16H15N5S. The number of nitriles is 1. The van der Waals surface area contributed by atoms with E-state index in [1.54, 1.807) is 28.2 Å². The summed E-state index contributed by atoms with van der Waals surface area (Å²) in [6.07, 6.45) is 9.73. The fraction of sp³-hybridized carbons (Fsp3) is 0.375. The summed E-state index contributed by atoms with van der Waals surface area (Å²) in [6.45, 7) is 0. The molecule has 110 valence electrons. The number of nitrogens with zero attached hydrogens (tertiary/aromatic N) is 5. The maximum absolute atomic E-state index is 9.52. The molecule has 22 heavy (non-hydrogen) atoms. The van der Waals surface area contributed by atoms with Crippen LogP contribution in [0.5, 0.6) is 0 Å². The summed E-state index contributed by atoms with van der Waals surface area (Å²) >= 11 is 1.62. The van der Waals surface area contributed by atoms with E-state index in [1.165, 1.54) is 32.1 Å². The largest absolute Gasteiger partial charge is 0.264 e. The van der Waals surface area contributed by atoms with Crippen molar-refractivity contribution in [1.82, 2.24) is 19.6 Å². The van der Waals surface area contributed by atoms with Crippen molar-refractivity contribution in [3.63, 3.8) is 0 Å². The van der Waals surface area contributed by atoms with Crippen LogP contribution in [0.2, 0.25) is 0 Å². The Morgan fingerprint density at radius 1 is 1.27 bits per heavy atom. The molecule has 0 amide bonds. The van der Waals surface area contributed by atoms with E-state index >= 15 is 0 Å². The van der Waals surface area contributed by atoms with Crippen molar-refractivity contribution < 1.29 is 0 Å². The van der Waals surface area contributed by atoms with Gasteiger partial charge in [-0.25, -0.2) is 4.98 Å². The van der Waals surface area contributed by atoms with Gasteiger partial charge in [0.2, 0.25) is 4.96 Å². The van der Waals surface area contributed by atoms with Crippen LogP contribution in [0, 0.1) is 11.3 Å². The minimum absolute atomic E-state index is 0.501. The van der Waals surface area contributed by atoms with E-state index in [0.717, 1.165) is 15.5 Å². The van der Waals surface area contributed by atoms with Crippen molar-refractivity contribution in [3.8, 4) is 17.3 Å². The number of hydrogen-bond donors (Lipinski definition) is 0. The molecule has 0 atom stereocenters. The highest BCUT2D eigenvalue weighted by Gasteiger charge is 2.23. The van der Waals surface area contributed by atoms with Gasteiger partial charge < -0.3 is 0 Å². The van der Waals surface area contributed by atoms with Crippen molar-refractivity contribution >= 4 is 16.3 Å². The number of rotatable bonds is 2. The van der Waals surface area contributed by atoms with Gasteiger partial charge in [-0.15, -0.1) is 0 Å². The van der Waals surface area contributed by atoms with Crippen molar-refractivity contribution in [2.75, 3.05) is 0 Å². The summed E-state index contributed by atoms with van der Waals surface area (Å²) in [5, 5.41) is 15.3. The van der Waals surface area contributed by atoms with E-state index in [0.29, 0.717) is 17.3 Å². The van der Waals surface area contributed by atoms with Crippen LogP contribution >= 0.6 is 11.3 Å². The maximum Gasteiger partial charge on any atom is 0.214 e. The smallest absolute Gasteiger partial charge is 0.214 e. The van der Waals surface area contributed by atoms with Gasteiger partial charge in [0, 0.05) is 23.9 Å². The van der Waals surface area contributed by atoms with Crippen molar-refractivity contribution in [3.05, 3.63) is 35.2 Å². The summed E-state index contributed by atoms with van der Waals surface area (Å²) in [5.41, 5.74) is 2.03. The molecule has 1 saturated carbocycles. The second kappa shape index (κ2) is 5.50. The fourth-order valence-electron chi connectivity index (χ4n) is 3.08. The topological polar surface area (TPSA) is 66.9 Å². The molecule has 6 heteroatoms. The quantitative estimate of drug-likeness (QED) is 0.722. The van der Waals surface area contributed by atoms with Crippen molar-refractivity contribution in [2.45, 2.75) is 38.0 Å². The van der Waals surface area contributed by atoms with Gasteiger partial charge in [-0.2, -0.15) is 14.9 Å². The lowest BCUT2D eigenvalue weighted by Crippen LogP contribution is -2.05. The molecule has 3 heterocycles. The SMILES string of the molecule is N#Cc1c(-c2cccnc2)nc2sc(C3CCCCC3)nn12. The Labute approximate surface area is 132 Å².